The summed E-state index contributed by atoms with van der Waals surface area (Å²) in [6.45, 7) is 1.37. The summed E-state index contributed by atoms with van der Waals surface area (Å²) in [6, 6.07) is 23.9. The van der Waals surface area contributed by atoms with Crippen molar-refractivity contribution in [1.82, 2.24) is 19.9 Å². The number of aromatic nitrogens is 3. The Kier molecular flexibility index (Phi) is 5.43. The van der Waals surface area contributed by atoms with Crippen LogP contribution in [0.2, 0.25) is 0 Å². The van der Waals surface area contributed by atoms with E-state index in [1.807, 2.05) is 30.3 Å². The number of pyridine rings is 1. The SMILES string of the molecule is O=C(NCCc1nc2ccccc2n1CCc1ccccc1)c1ccccn1. The fourth-order valence-electron chi connectivity index (χ4n) is 3.33. The average molecular weight is 370 g/mol. The second kappa shape index (κ2) is 8.48. The van der Waals surface area contributed by atoms with Crippen molar-refractivity contribution in [2.75, 3.05) is 6.54 Å². The second-order valence-electron chi connectivity index (χ2n) is 6.62. The average Bonchev–Trinajstić information content (AvgIpc) is 3.11. The molecule has 4 aromatic rings. The van der Waals surface area contributed by atoms with Gasteiger partial charge in [0.25, 0.3) is 5.91 Å². The molecule has 0 unspecified atom stereocenters. The van der Waals surface area contributed by atoms with Crippen LogP contribution in [0.1, 0.15) is 21.9 Å². The number of carbonyl (C=O) groups excluding carboxylic acids is 1. The number of benzene rings is 2. The molecule has 0 saturated heterocycles. The number of amides is 1. The zero-order valence-corrected chi connectivity index (χ0v) is 15.6. The van der Waals surface area contributed by atoms with Crippen LogP contribution in [0.3, 0.4) is 0 Å². The third kappa shape index (κ3) is 4.09. The molecule has 0 radical (unpaired) electrons. The van der Waals surface area contributed by atoms with Crippen LogP contribution in [-0.2, 0) is 19.4 Å². The lowest BCUT2D eigenvalue weighted by Gasteiger charge is -2.10. The second-order valence-corrected chi connectivity index (χ2v) is 6.62. The molecule has 5 heteroatoms. The summed E-state index contributed by atoms with van der Waals surface area (Å²) in [5.74, 6) is 0.825. The molecule has 0 atom stereocenters. The van der Waals surface area contributed by atoms with Gasteiger partial charge in [-0.1, -0.05) is 48.5 Å². The Morgan fingerprint density at radius 2 is 1.68 bits per heavy atom. The molecule has 2 aromatic heterocycles. The Morgan fingerprint density at radius 3 is 2.50 bits per heavy atom. The van der Waals surface area contributed by atoms with Gasteiger partial charge in [-0.15, -0.1) is 0 Å². The topological polar surface area (TPSA) is 59.8 Å². The molecule has 1 amide bonds. The first kappa shape index (κ1) is 17.9. The molecule has 5 nitrogen and oxygen atoms in total. The number of rotatable bonds is 7. The maximum Gasteiger partial charge on any atom is 0.269 e. The summed E-state index contributed by atoms with van der Waals surface area (Å²) in [4.78, 5) is 21.1. The lowest BCUT2D eigenvalue weighted by Crippen LogP contribution is -2.27. The predicted molar refractivity (Wildman–Crippen MR) is 110 cm³/mol. The fraction of sp³-hybridized carbons (Fsp3) is 0.174. The minimum Gasteiger partial charge on any atom is -0.350 e. The highest BCUT2D eigenvalue weighted by Gasteiger charge is 2.12. The molecule has 0 aliphatic heterocycles. The Hall–Kier alpha value is -3.47. The van der Waals surface area contributed by atoms with Crippen LogP contribution in [0.15, 0.2) is 79.0 Å². The summed E-state index contributed by atoms with van der Waals surface area (Å²) in [5, 5.41) is 2.94. The molecular formula is C23H22N4O. The quantitative estimate of drug-likeness (QED) is 0.540. The lowest BCUT2D eigenvalue weighted by molar-refractivity contribution is 0.0949. The van der Waals surface area contributed by atoms with Crippen molar-refractivity contribution in [3.63, 3.8) is 0 Å². The number of imidazole rings is 1. The van der Waals surface area contributed by atoms with E-state index in [1.54, 1.807) is 18.3 Å². The van der Waals surface area contributed by atoms with Crippen LogP contribution in [-0.4, -0.2) is 27.0 Å². The molecule has 0 bridgehead atoms. The van der Waals surface area contributed by atoms with E-state index in [0.29, 0.717) is 18.7 Å². The molecule has 0 aliphatic rings. The molecule has 4 rings (SSSR count). The number of nitrogens with zero attached hydrogens (tertiary/aromatic N) is 3. The zero-order valence-electron chi connectivity index (χ0n) is 15.6. The van der Waals surface area contributed by atoms with Crippen molar-refractivity contribution in [2.45, 2.75) is 19.4 Å². The minimum absolute atomic E-state index is 0.160. The molecule has 140 valence electrons. The number of para-hydroxylation sites is 2. The van der Waals surface area contributed by atoms with Gasteiger partial charge in [0.1, 0.15) is 11.5 Å². The van der Waals surface area contributed by atoms with Gasteiger partial charge in [0, 0.05) is 25.7 Å². The first-order valence-corrected chi connectivity index (χ1v) is 9.48. The van der Waals surface area contributed by atoms with Gasteiger partial charge < -0.3 is 9.88 Å². The van der Waals surface area contributed by atoms with Gasteiger partial charge in [0.15, 0.2) is 0 Å². The van der Waals surface area contributed by atoms with Gasteiger partial charge >= 0.3 is 0 Å². The molecule has 0 spiro atoms. The van der Waals surface area contributed by atoms with Crippen molar-refractivity contribution in [1.29, 1.82) is 0 Å². The Bertz CT molecular complexity index is 1060. The smallest absolute Gasteiger partial charge is 0.269 e. The van der Waals surface area contributed by atoms with E-state index in [4.69, 9.17) is 4.98 Å². The maximum atomic E-state index is 12.2. The van der Waals surface area contributed by atoms with E-state index < -0.39 is 0 Å². The summed E-state index contributed by atoms with van der Waals surface area (Å²) in [6.07, 6.45) is 3.23. The summed E-state index contributed by atoms with van der Waals surface area (Å²) < 4.78 is 2.26. The lowest BCUT2D eigenvalue weighted by atomic mass is 10.1. The summed E-state index contributed by atoms with van der Waals surface area (Å²) in [7, 11) is 0. The minimum atomic E-state index is -0.160. The molecule has 0 saturated carbocycles. The first-order chi connectivity index (χ1) is 13.8. The highest BCUT2D eigenvalue weighted by Crippen LogP contribution is 2.17. The van der Waals surface area contributed by atoms with E-state index in [1.165, 1.54) is 5.56 Å². The summed E-state index contributed by atoms with van der Waals surface area (Å²) in [5.41, 5.74) is 3.85. The van der Waals surface area contributed by atoms with E-state index >= 15 is 0 Å². The molecule has 2 aromatic carbocycles. The van der Waals surface area contributed by atoms with E-state index in [-0.39, 0.29) is 5.91 Å². The van der Waals surface area contributed by atoms with Crippen LogP contribution in [0.4, 0.5) is 0 Å². The van der Waals surface area contributed by atoms with Gasteiger partial charge in [-0.2, -0.15) is 0 Å². The number of hydrogen-bond acceptors (Lipinski definition) is 3. The van der Waals surface area contributed by atoms with E-state index in [2.05, 4.69) is 45.2 Å². The van der Waals surface area contributed by atoms with Crippen LogP contribution < -0.4 is 5.32 Å². The summed E-state index contributed by atoms with van der Waals surface area (Å²) >= 11 is 0. The molecule has 1 N–H and O–H groups in total. The van der Waals surface area contributed by atoms with Crippen molar-refractivity contribution in [3.05, 3.63) is 96.1 Å². The van der Waals surface area contributed by atoms with Crippen molar-refractivity contribution >= 4 is 16.9 Å². The zero-order chi connectivity index (χ0) is 19.2. The van der Waals surface area contributed by atoms with Crippen molar-refractivity contribution in [3.8, 4) is 0 Å². The van der Waals surface area contributed by atoms with E-state index in [9.17, 15) is 4.79 Å². The van der Waals surface area contributed by atoms with Crippen LogP contribution >= 0.6 is 0 Å². The Balaban J connectivity index is 1.47. The van der Waals surface area contributed by atoms with Crippen LogP contribution in [0.25, 0.3) is 11.0 Å². The predicted octanol–water partition coefficient (Wildman–Crippen LogP) is 3.65. The third-order valence-corrected chi connectivity index (χ3v) is 4.73. The van der Waals surface area contributed by atoms with Gasteiger partial charge in [0.05, 0.1) is 11.0 Å². The number of carbonyl (C=O) groups is 1. The highest BCUT2D eigenvalue weighted by atomic mass is 16.1. The van der Waals surface area contributed by atoms with Crippen molar-refractivity contribution in [2.24, 2.45) is 0 Å². The largest absolute Gasteiger partial charge is 0.350 e. The molecular weight excluding hydrogens is 348 g/mol. The van der Waals surface area contributed by atoms with Crippen molar-refractivity contribution < 1.29 is 4.79 Å². The molecule has 0 fully saturated rings. The Labute approximate surface area is 164 Å². The normalized spacial score (nSPS) is 10.9. The number of hydrogen-bond donors (Lipinski definition) is 1. The number of nitrogens with one attached hydrogen (secondary N) is 1. The third-order valence-electron chi connectivity index (χ3n) is 4.73. The van der Waals surface area contributed by atoms with Gasteiger partial charge in [0.2, 0.25) is 0 Å². The number of aryl methyl sites for hydroxylation is 2. The van der Waals surface area contributed by atoms with Gasteiger partial charge in [-0.05, 0) is 36.2 Å². The maximum absolute atomic E-state index is 12.2. The fourth-order valence-corrected chi connectivity index (χ4v) is 3.33. The number of fused-ring (bicyclic) bond motifs is 1. The van der Waals surface area contributed by atoms with Crippen LogP contribution in [0.5, 0.6) is 0 Å². The molecule has 2 heterocycles. The van der Waals surface area contributed by atoms with Gasteiger partial charge in [-0.25, -0.2) is 4.98 Å². The molecule has 0 aliphatic carbocycles. The highest BCUT2D eigenvalue weighted by molar-refractivity contribution is 5.92. The standard InChI is InChI=1S/C23H22N4O/c28-23(20-11-6-7-15-24-20)25-16-13-22-26-19-10-4-5-12-21(19)27(22)17-14-18-8-2-1-3-9-18/h1-12,15H,13-14,16-17H2,(H,25,28). The Morgan fingerprint density at radius 1 is 0.893 bits per heavy atom. The van der Waals surface area contributed by atoms with E-state index in [0.717, 1.165) is 29.8 Å². The van der Waals surface area contributed by atoms with Crippen LogP contribution in [0, 0.1) is 0 Å². The van der Waals surface area contributed by atoms with Gasteiger partial charge in [-0.3, -0.25) is 9.78 Å². The monoisotopic (exact) mass is 370 g/mol. The molecule has 28 heavy (non-hydrogen) atoms. The first-order valence-electron chi connectivity index (χ1n) is 9.48.